The summed E-state index contributed by atoms with van der Waals surface area (Å²) in [5.74, 6) is 0. The zero-order chi connectivity index (χ0) is 13.2. The van der Waals surface area contributed by atoms with E-state index in [1.54, 1.807) is 0 Å². The quantitative estimate of drug-likeness (QED) is 0.777. The molecule has 0 bridgehead atoms. The Morgan fingerprint density at radius 3 is 3.05 bits per heavy atom. The van der Waals surface area contributed by atoms with Gasteiger partial charge in [-0.2, -0.15) is 10.2 Å². The molecule has 98 valence electrons. The molecular weight excluding hydrogens is 238 g/mol. The Bertz CT molecular complexity index is 695. The Hall–Kier alpha value is -2.30. The lowest BCUT2D eigenvalue weighted by Crippen LogP contribution is -2.00. The van der Waals surface area contributed by atoms with Gasteiger partial charge in [0, 0.05) is 31.5 Å². The lowest BCUT2D eigenvalue weighted by atomic mass is 10.2. The maximum atomic E-state index is 4.42. The highest BCUT2D eigenvalue weighted by molar-refractivity contribution is 5.55. The fourth-order valence-electron chi connectivity index (χ4n) is 2.26. The van der Waals surface area contributed by atoms with Crippen LogP contribution in [0.25, 0.3) is 5.52 Å². The first-order chi connectivity index (χ1) is 9.28. The molecule has 0 atom stereocenters. The van der Waals surface area contributed by atoms with Crippen molar-refractivity contribution in [3.05, 3.63) is 48.0 Å². The van der Waals surface area contributed by atoms with Crippen LogP contribution in [0.3, 0.4) is 0 Å². The van der Waals surface area contributed by atoms with Crippen molar-refractivity contribution in [2.75, 3.05) is 5.32 Å². The first kappa shape index (κ1) is 11.8. The van der Waals surface area contributed by atoms with Crippen LogP contribution in [-0.2, 0) is 20.0 Å². The molecule has 3 heterocycles. The van der Waals surface area contributed by atoms with E-state index in [4.69, 9.17) is 0 Å². The van der Waals surface area contributed by atoms with Crippen molar-refractivity contribution < 1.29 is 0 Å². The Balaban J connectivity index is 1.82. The minimum Gasteiger partial charge on any atom is -0.378 e. The minimum absolute atomic E-state index is 0.756. The van der Waals surface area contributed by atoms with Crippen LogP contribution >= 0.6 is 0 Å². The second-order valence-electron chi connectivity index (χ2n) is 4.57. The third kappa shape index (κ3) is 2.19. The molecule has 5 nitrogen and oxygen atoms in total. The highest BCUT2D eigenvalue weighted by Gasteiger charge is 2.07. The minimum atomic E-state index is 0.756. The van der Waals surface area contributed by atoms with Crippen LogP contribution in [0.5, 0.6) is 0 Å². The Labute approximate surface area is 111 Å². The number of anilines is 1. The molecule has 3 aromatic rings. The largest absolute Gasteiger partial charge is 0.378 e. The SMILES string of the molecule is CCc1nn(C)cc1NCc1cnn2ccccc12. The molecule has 5 heteroatoms. The number of hydrogen-bond acceptors (Lipinski definition) is 3. The predicted octanol–water partition coefficient (Wildman–Crippen LogP) is 2.24. The van der Waals surface area contributed by atoms with Gasteiger partial charge in [-0.05, 0) is 18.6 Å². The summed E-state index contributed by atoms with van der Waals surface area (Å²) >= 11 is 0. The average molecular weight is 255 g/mol. The molecule has 0 aliphatic heterocycles. The summed E-state index contributed by atoms with van der Waals surface area (Å²) in [4.78, 5) is 0. The van der Waals surface area contributed by atoms with E-state index >= 15 is 0 Å². The smallest absolute Gasteiger partial charge is 0.0853 e. The molecule has 0 saturated carbocycles. The summed E-state index contributed by atoms with van der Waals surface area (Å²) in [5.41, 5.74) is 4.52. The molecule has 0 aliphatic rings. The van der Waals surface area contributed by atoms with Crippen molar-refractivity contribution in [2.24, 2.45) is 7.05 Å². The topological polar surface area (TPSA) is 47.2 Å². The van der Waals surface area contributed by atoms with Gasteiger partial charge >= 0.3 is 0 Å². The lowest BCUT2D eigenvalue weighted by molar-refractivity contribution is 0.746. The van der Waals surface area contributed by atoms with E-state index in [0.29, 0.717) is 0 Å². The van der Waals surface area contributed by atoms with E-state index in [-0.39, 0.29) is 0 Å². The number of hydrogen-bond donors (Lipinski definition) is 1. The van der Waals surface area contributed by atoms with Crippen molar-refractivity contribution in [1.29, 1.82) is 0 Å². The van der Waals surface area contributed by atoms with Gasteiger partial charge in [0.05, 0.1) is 23.1 Å². The molecule has 3 rings (SSSR count). The van der Waals surface area contributed by atoms with Gasteiger partial charge in [0.15, 0.2) is 0 Å². The number of nitrogens with one attached hydrogen (secondary N) is 1. The second kappa shape index (κ2) is 4.76. The molecule has 0 fully saturated rings. The summed E-state index contributed by atoms with van der Waals surface area (Å²) in [6.07, 6.45) is 6.81. The van der Waals surface area contributed by atoms with Crippen molar-refractivity contribution in [3.8, 4) is 0 Å². The lowest BCUT2D eigenvalue weighted by Gasteiger charge is -2.04. The maximum absolute atomic E-state index is 4.42. The first-order valence-electron chi connectivity index (χ1n) is 6.45. The Kier molecular flexibility index (Phi) is 2.95. The van der Waals surface area contributed by atoms with Crippen molar-refractivity contribution >= 4 is 11.2 Å². The van der Waals surface area contributed by atoms with Crippen LogP contribution in [-0.4, -0.2) is 19.4 Å². The highest BCUT2D eigenvalue weighted by atomic mass is 15.3. The van der Waals surface area contributed by atoms with Crippen LogP contribution in [0.15, 0.2) is 36.8 Å². The summed E-state index contributed by atoms with van der Waals surface area (Å²) < 4.78 is 3.73. The molecular formula is C14H17N5. The average Bonchev–Trinajstić information content (AvgIpc) is 2.99. The van der Waals surface area contributed by atoms with Gasteiger partial charge in [-0.1, -0.05) is 13.0 Å². The maximum Gasteiger partial charge on any atom is 0.0853 e. The van der Waals surface area contributed by atoms with Crippen molar-refractivity contribution in [3.63, 3.8) is 0 Å². The summed E-state index contributed by atoms with van der Waals surface area (Å²) in [6, 6.07) is 6.09. The number of aryl methyl sites for hydroxylation is 2. The van der Waals surface area contributed by atoms with E-state index in [2.05, 4.69) is 28.5 Å². The fraction of sp³-hybridized carbons (Fsp3) is 0.286. The van der Waals surface area contributed by atoms with E-state index < -0.39 is 0 Å². The predicted molar refractivity (Wildman–Crippen MR) is 75.1 cm³/mol. The van der Waals surface area contributed by atoms with Gasteiger partial charge in [-0.15, -0.1) is 0 Å². The van der Waals surface area contributed by atoms with Crippen LogP contribution in [0.2, 0.25) is 0 Å². The second-order valence-corrected chi connectivity index (χ2v) is 4.57. The van der Waals surface area contributed by atoms with Gasteiger partial charge in [0.1, 0.15) is 0 Å². The monoisotopic (exact) mass is 255 g/mol. The van der Waals surface area contributed by atoms with Crippen LogP contribution in [0, 0.1) is 0 Å². The van der Waals surface area contributed by atoms with Gasteiger partial charge < -0.3 is 5.32 Å². The van der Waals surface area contributed by atoms with Gasteiger partial charge in [0.2, 0.25) is 0 Å². The van der Waals surface area contributed by atoms with E-state index in [1.807, 2.05) is 47.0 Å². The first-order valence-corrected chi connectivity index (χ1v) is 6.45. The standard InChI is InChI=1S/C14H17N5/c1-3-12-13(10-18(2)17-12)15-8-11-9-16-19-7-5-4-6-14(11)19/h4-7,9-10,15H,3,8H2,1-2H3. The molecule has 3 aromatic heterocycles. The molecule has 0 spiro atoms. The van der Waals surface area contributed by atoms with Crippen molar-refractivity contribution in [1.82, 2.24) is 19.4 Å². The Morgan fingerprint density at radius 1 is 1.32 bits per heavy atom. The molecule has 19 heavy (non-hydrogen) atoms. The molecule has 0 radical (unpaired) electrons. The van der Waals surface area contributed by atoms with Gasteiger partial charge in [-0.3, -0.25) is 4.68 Å². The van der Waals surface area contributed by atoms with Crippen LogP contribution < -0.4 is 5.32 Å². The molecule has 0 aromatic carbocycles. The molecule has 0 aliphatic carbocycles. The number of aromatic nitrogens is 4. The summed E-state index contributed by atoms with van der Waals surface area (Å²) in [5, 5.41) is 12.2. The zero-order valence-electron chi connectivity index (χ0n) is 11.2. The molecule has 0 unspecified atom stereocenters. The van der Waals surface area contributed by atoms with Crippen LogP contribution in [0.1, 0.15) is 18.2 Å². The number of nitrogens with zero attached hydrogens (tertiary/aromatic N) is 4. The fourth-order valence-corrected chi connectivity index (χ4v) is 2.26. The zero-order valence-corrected chi connectivity index (χ0v) is 11.2. The molecule has 1 N–H and O–H groups in total. The number of fused-ring (bicyclic) bond motifs is 1. The van der Waals surface area contributed by atoms with Gasteiger partial charge in [0.25, 0.3) is 0 Å². The third-order valence-corrected chi connectivity index (χ3v) is 3.22. The third-order valence-electron chi connectivity index (χ3n) is 3.22. The van der Waals surface area contributed by atoms with Crippen molar-refractivity contribution in [2.45, 2.75) is 19.9 Å². The van der Waals surface area contributed by atoms with Crippen LogP contribution in [0.4, 0.5) is 5.69 Å². The number of rotatable bonds is 4. The van der Waals surface area contributed by atoms with Gasteiger partial charge in [-0.25, -0.2) is 4.52 Å². The number of pyridine rings is 1. The highest BCUT2D eigenvalue weighted by Crippen LogP contribution is 2.17. The summed E-state index contributed by atoms with van der Waals surface area (Å²) in [6.45, 7) is 2.87. The summed E-state index contributed by atoms with van der Waals surface area (Å²) in [7, 11) is 1.94. The Morgan fingerprint density at radius 2 is 2.21 bits per heavy atom. The molecule has 0 amide bonds. The van der Waals surface area contributed by atoms with E-state index in [1.165, 1.54) is 5.56 Å². The van der Waals surface area contributed by atoms with E-state index in [0.717, 1.165) is 29.9 Å². The van der Waals surface area contributed by atoms with E-state index in [9.17, 15) is 0 Å². The normalized spacial score (nSPS) is 11.1. The molecule has 0 saturated heterocycles.